The van der Waals surface area contributed by atoms with Crippen LogP contribution in [0.5, 0.6) is 0 Å². The molecule has 0 aliphatic carbocycles. The molecule has 0 radical (unpaired) electrons. The molecule has 2 aliphatic heterocycles. The molecule has 1 unspecified atom stereocenters. The minimum Gasteiger partial charge on any atom is -0.381 e. The van der Waals surface area contributed by atoms with Crippen LogP contribution in [0.4, 0.5) is 4.39 Å². The van der Waals surface area contributed by atoms with Crippen molar-refractivity contribution in [2.75, 3.05) is 20.3 Å². The van der Waals surface area contributed by atoms with E-state index >= 15 is 0 Å². The number of rotatable bonds is 4. The number of benzene rings is 1. The molecule has 2 aliphatic rings. The van der Waals surface area contributed by atoms with Crippen molar-refractivity contribution in [2.24, 2.45) is 0 Å². The van der Waals surface area contributed by atoms with Gasteiger partial charge in [-0.15, -0.1) is 10.2 Å². The summed E-state index contributed by atoms with van der Waals surface area (Å²) in [5.74, 6) is 2.41. The van der Waals surface area contributed by atoms with Gasteiger partial charge in [0.15, 0.2) is 0 Å². The molecule has 5 nitrogen and oxygen atoms in total. The Morgan fingerprint density at radius 2 is 2.04 bits per heavy atom. The summed E-state index contributed by atoms with van der Waals surface area (Å²) in [5.41, 5.74) is 0.965. The number of aryl methyl sites for hydroxylation is 1. The van der Waals surface area contributed by atoms with E-state index in [9.17, 15) is 4.39 Å². The zero-order valence-corrected chi connectivity index (χ0v) is 16.5. The number of nitrogens with zero attached hydrogens (tertiary/aromatic N) is 4. The normalized spacial score (nSPS) is 21.3. The Bertz CT molecular complexity index is 790. The fraction of sp³-hybridized carbons (Fsp3) is 0.600. The molecule has 27 heavy (non-hydrogen) atoms. The third kappa shape index (κ3) is 4.18. The lowest BCUT2D eigenvalue weighted by Gasteiger charge is -2.27. The van der Waals surface area contributed by atoms with Crippen LogP contribution in [0, 0.1) is 5.82 Å². The van der Waals surface area contributed by atoms with Crippen molar-refractivity contribution in [3.8, 4) is 0 Å². The lowest BCUT2D eigenvalue weighted by molar-refractivity contribution is 0.0826. The predicted octanol–water partition coefficient (Wildman–Crippen LogP) is 3.80. The molecule has 4 rings (SSSR count). The number of halogens is 2. The van der Waals surface area contributed by atoms with Crippen LogP contribution in [-0.4, -0.2) is 46.0 Å². The maximum absolute atomic E-state index is 13.3. The minimum absolute atomic E-state index is 0.292. The van der Waals surface area contributed by atoms with E-state index < -0.39 is 0 Å². The standard InChI is InChI=1S/C20H26ClFN4O/c1-25(13-15-2-3-16(22)12-18(15)21)17-4-5-19-23-24-20(26(19)9-6-17)14-7-10-27-11-8-14/h2-3,12,14,17H,4-11,13H2,1H3. The Hall–Kier alpha value is -1.50. The van der Waals surface area contributed by atoms with E-state index in [2.05, 4.69) is 26.7 Å². The van der Waals surface area contributed by atoms with Crippen molar-refractivity contribution < 1.29 is 9.13 Å². The van der Waals surface area contributed by atoms with Crippen molar-refractivity contribution in [3.05, 3.63) is 46.3 Å². The lowest BCUT2D eigenvalue weighted by atomic mass is 9.99. The highest BCUT2D eigenvalue weighted by atomic mass is 35.5. The van der Waals surface area contributed by atoms with Crippen molar-refractivity contribution in [3.63, 3.8) is 0 Å². The summed E-state index contributed by atoms with van der Waals surface area (Å²) in [5, 5.41) is 9.49. The van der Waals surface area contributed by atoms with Crippen LogP contribution in [-0.2, 0) is 24.2 Å². The molecule has 0 amide bonds. The fourth-order valence-corrected chi connectivity index (χ4v) is 4.47. The molecular formula is C20H26ClFN4O. The smallest absolute Gasteiger partial charge is 0.136 e. The first-order valence-electron chi connectivity index (χ1n) is 9.75. The first kappa shape index (κ1) is 18.8. The number of hydrogen-bond acceptors (Lipinski definition) is 4. The number of hydrogen-bond donors (Lipinski definition) is 0. The summed E-state index contributed by atoms with van der Waals surface area (Å²) in [6.45, 7) is 3.30. The molecule has 146 valence electrons. The summed E-state index contributed by atoms with van der Waals surface area (Å²) in [6, 6.07) is 5.08. The van der Waals surface area contributed by atoms with Gasteiger partial charge in [-0.25, -0.2) is 4.39 Å². The molecule has 2 aromatic rings. The maximum Gasteiger partial charge on any atom is 0.136 e. The second-order valence-electron chi connectivity index (χ2n) is 7.64. The Morgan fingerprint density at radius 3 is 2.81 bits per heavy atom. The zero-order valence-electron chi connectivity index (χ0n) is 15.7. The van der Waals surface area contributed by atoms with Crippen molar-refractivity contribution in [1.29, 1.82) is 0 Å². The van der Waals surface area contributed by atoms with Gasteiger partial charge in [-0.3, -0.25) is 4.90 Å². The highest BCUT2D eigenvalue weighted by Gasteiger charge is 2.27. The molecule has 1 aromatic heterocycles. The van der Waals surface area contributed by atoms with Crippen LogP contribution < -0.4 is 0 Å². The topological polar surface area (TPSA) is 43.2 Å². The third-order valence-corrected chi connectivity index (χ3v) is 6.24. The molecule has 0 N–H and O–H groups in total. The van der Waals surface area contributed by atoms with Crippen LogP contribution in [0.3, 0.4) is 0 Å². The van der Waals surface area contributed by atoms with Gasteiger partial charge in [0, 0.05) is 49.7 Å². The van der Waals surface area contributed by atoms with Crippen LogP contribution in [0.25, 0.3) is 0 Å². The monoisotopic (exact) mass is 392 g/mol. The van der Waals surface area contributed by atoms with Gasteiger partial charge in [0.2, 0.25) is 0 Å². The number of fused-ring (bicyclic) bond motifs is 1. The quantitative estimate of drug-likeness (QED) is 0.793. The van der Waals surface area contributed by atoms with E-state index in [4.69, 9.17) is 16.3 Å². The van der Waals surface area contributed by atoms with Gasteiger partial charge in [-0.05, 0) is 50.4 Å². The first-order valence-corrected chi connectivity index (χ1v) is 10.1. The largest absolute Gasteiger partial charge is 0.381 e. The molecule has 0 bridgehead atoms. The van der Waals surface area contributed by atoms with Crippen molar-refractivity contribution in [2.45, 2.75) is 57.2 Å². The third-order valence-electron chi connectivity index (χ3n) is 5.89. The highest BCUT2D eigenvalue weighted by Crippen LogP contribution is 2.29. The molecule has 1 fully saturated rings. The molecular weight excluding hydrogens is 367 g/mol. The van der Waals surface area contributed by atoms with E-state index in [-0.39, 0.29) is 5.82 Å². The van der Waals surface area contributed by atoms with Crippen LogP contribution in [0.15, 0.2) is 18.2 Å². The van der Waals surface area contributed by atoms with Gasteiger partial charge in [0.05, 0.1) is 0 Å². The Labute approximate surface area is 164 Å². The lowest BCUT2D eigenvalue weighted by Crippen LogP contribution is -2.32. The van der Waals surface area contributed by atoms with E-state index in [0.717, 1.165) is 75.6 Å². The summed E-state index contributed by atoms with van der Waals surface area (Å²) in [7, 11) is 2.12. The average Bonchev–Trinajstić information content (AvgIpc) is 2.96. The summed E-state index contributed by atoms with van der Waals surface area (Å²) < 4.78 is 21.1. The highest BCUT2D eigenvalue weighted by molar-refractivity contribution is 6.31. The summed E-state index contributed by atoms with van der Waals surface area (Å²) in [4.78, 5) is 2.33. The van der Waals surface area contributed by atoms with Crippen LogP contribution in [0.1, 0.15) is 48.8 Å². The molecule has 7 heteroatoms. The Morgan fingerprint density at radius 1 is 1.22 bits per heavy atom. The fourth-order valence-electron chi connectivity index (χ4n) is 4.24. The Balaban J connectivity index is 1.43. The Kier molecular flexibility index (Phi) is 5.76. The number of aromatic nitrogens is 3. The molecule has 1 aromatic carbocycles. The minimum atomic E-state index is -0.292. The van der Waals surface area contributed by atoms with Crippen LogP contribution >= 0.6 is 11.6 Å². The molecule has 0 saturated carbocycles. The van der Waals surface area contributed by atoms with E-state index in [1.54, 1.807) is 6.07 Å². The van der Waals surface area contributed by atoms with Crippen molar-refractivity contribution >= 4 is 11.6 Å². The van der Waals surface area contributed by atoms with Gasteiger partial charge < -0.3 is 9.30 Å². The van der Waals surface area contributed by atoms with Gasteiger partial charge in [-0.2, -0.15) is 0 Å². The molecule has 1 atom stereocenters. The number of ether oxygens (including phenoxy) is 1. The second kappa shape index (κ2) is 8.25. The van der Waals surface area contributed by atoms with Gasteiger partial charge in [0.1, 0.15) is 17.5 Å². The molecule has 3 heterocycles. The summed E-state index contributed by atoms with van der Waals surface area (Å²) in [6.07, 6.45) is 5.09. The molecule has 0 spiro atoms. The average molecular weight is 393 g/mol. The second-order valence-corrected chi connectivity index (χ2v) is 8.05. The molecule has 1 saturated heterocycles. The van der Waals surface area contributed by atoms with E-state index in [1.165, 1.54) is 12.1 Å². The van der Waals surface area contributed by atoms with E-state index in [1.807, 2.05) is 0 Å². The SMILES string of the molecule is CN(Cc1ccc(F)cc1Cl)C1CCc2nnc(C3CCOCC3)n2CC1. The van der Waals surface area contributed by atoms with Gasteiger partial charge >= 0.3 is 0 Å². The zero-order chi connectivity index (χ0) is 18.8. The van der Waals surface area contributed by atoms with Gasteiger partial charge in [-0.1, -0.05) is 17.7 Å². The first-order chi connectivity index (χ1) is 13.1. The maximum atomic E-state index is 13.3. The predicted molar refractivity (Wildman–Crippen MR) is 102 cm³/mol. The summed E-state index contributed by atoms with van der Waals surface area (Å²) >= 11 is 6.21. The van der Waals surface area contributed by atoms with Crippen LogP contribution in [0.2, 0.25) is 5.02 Å². The van der Waals surface area contributed by atoms with Gasteiger partial charge in [0.25, 0.3) is 0 Å². The van der Waals surface area contributed by atoms with E-state index in [0.29, 0.717) is 17.0 Å². The van der Waals surface area contributed by atoms with Crippen molar-refractivity contribution in [1.82, 2.24) is 19.7 Å².